The van der Waals surface area contributed by atoms with Crippen LogP contribution in [0.25, 0.3) is 0 Å². The van der Waals surface area contributed by atoms with Crippen molar-refractivity contribution in [2.45, 2.75) is 103 Å². The van der Waals surface area contributed by atoms with E-state index in [2.05, 4.69) is 20.4 Å². The van der Waals surface area contributed by atoms with Gasteiger partial charge in [0.1, 0.15) is 0 Å². The third-order valence-electron chi connectivity index (χ3n) is 4.74. The second-order valence-corrected chi connectivity index (χ2v) is 13.3. The fourth-order valence-electron chi connectivity index (χ4n) is 2.84. The van der Waals surface area contributed by atoms with Crippen molar-refractivity contribution in [3.8, 4) is 0 Å². The lowest BCUT2D eigenvalue weighted by atomic mass is 10.1. The second kappa shape index (κ2) is 14.1. The molecule has 0 radical (unpaired) electrons. The third kappa shape index (κ3) is 12.8. The number of hydrogen-bond acceptors (Lipinski definition) is 2. The van der Waals surface area contributed by atoms with E-state index in [1.165, 1.54) is 69.2 Å². The van der Waals surface area contributed by atoms with Gasteiger partial charge in [0.2, 0.25) is 0 Å². The summed E-state index contributed by atoms with van der Waals surface area (Å²) in [5, 5.41) is 0. The Morgan fingerprint density at radius 1 is 1.04 bits per heavy atom. The highest BCUT2D eigenvalue weighted by atomic mass is 35.6. The van der Waals surface area contributed by atoms with E-state index in [1.807, 2.05) is 6.92 Å². The molecule has 0 aliphatic rings. The Labute approximate surface area is 149 Å². The molecule has 23 heavy (non-hydrogen) atoms. The molecule has 1 atom stereocenters. The summed E-state index contributed by atoms with van der Waals surface area (Å²) in [6.45, 7) is 9.86. The Morgan fingerprint density at radius 2 is 1.52 bits per heavy atom. The van der Waals surface area contributed by atoms with Crippen LogP contribution < -0.4 is 0 Å². The summed E-state index contributed by atoms with van der Waals surface area (Å²) in [5.74, 6) is -0.312. The summed E-state index contributed by atoms with van der Waals surface area (Å²) in [5.41, 5.74) is 0. The maximum absolute atomic E-state index is 11.0. The van der Waals surface area contributed by atoms with Crippen LogP contribution in [-0.4, -0.2) is 19.5 Å². The molecular formula is C19H37ClO2Si. The fraction of sp³-hybridized carbons (Fsp3) is 0.842. The van der Waals surface area contributed by atoms with Crippen LogP contribution in [0.4, 0.5) is 0 Å². The van der Waals surface area contributed by atoms with Crippen molar-refractivity contribution in [3.63, 3.8) is 0 Å². The van der Waals surface area contributed by atoms with Gasteiger partial charge in [0, 0.05) is 6.08 Å². The lowest BCUT2D eigenvalue weighted by molar-refractivity contribution is -0.142. The van der Waals surface area contributed by atoms with Gasteiger partial charge in [-0.1, -0.05) is 65.4 Å². The van der Waals surface area contributed by atoms with Crippen LogP contribution in [0, 0.1) is 0 Å². The molecule has 0 aromatic carbocycles. The summed E-state index contributed by atoms with van der Waals surface area (Å²) in [7, 11) is -1.38. The molecule has 0 saturated heterocycles. The van der Waals surface area contributed by atoms with E-state index in [-0.39, 0.29) is 12.1 Å². The molecule has 0 aromatic heterocycles. The van der Waals surface area contributed by atoms with Gasteiger partial charge in [-0.3, -0.25) is 0 Å². The van der Waals surface area contributed by atoms with E-state index in [1.54, 1.807) is 0 Å². The van der Waals surface area contributed by atoms with Gasteiger partial charge in [0.15, 0.2) is 7.38 Å². The van der Waals surface area contributed by atoms with Gasteiger partial charge in [-0.05, 0) is 37.9 Å². The lowest BCUT2D eigenvalue weighted by Crippen LogP contribution is -2.23. The number of ether oxygens (including phenoxy) is 1. The molecular weight excluding hydrogens is 324 g/mol. The average Bonchev–Trinajstić information content (AvgIpc) is 2.56. The number of esters is 1. The van der Waals surface area contributed by atoms with Crippen LogP contribution in [0.2, 0.25) is 18.1 Å². The van der Waals surface area contributed by atoms with Gasteiger partial charge >= 0.3 is 5.97 Å². The molecule has 0 fully saturated rings. The molecule has 0 aliphatic heterocycles. The largest absolute Gasteiger partial charge is 0.460 e. The Bertz CT molecular complexity index is 316. The van der Waals surface area contributed by atoms with Crippen molar-refractivity contribution >= 4 is 24.4 Å². The first-order chi connectivity index (χ1) is 11.0. The topological polar surface area (TPSA) is 26.3 Å². The monoisotopic (exact) mass is 360 g/mol. The number of hydrogen-bond donors (Lipinski definition) is 0. The van der Waals surface area contributed by atoms with Crippen LogP contribution in [-0.2, 0) is 9.53 Å². The van der Waals surface area contributed by atoms with E-state index < -0.39 is 7.38 Å². The van der Waals surface area contributed by atoms with Crippen molar-refractivity contribution in [1.29, 1.82) is 0 Å². The molecule has 0 saturated carbocycles. The summed E-state index contributed by atoms with van der Waals surface area (Å²) in [4.78, 5) is 11.0. The predicted molar refractivity (Wildman–Crippen MR) is 105 cm³/mol. The molecule has 0 rings (SSSR count). The Balaban J connectivity index is 3.37. The van der Waals surface area contributed by atoms with Gasteiger partial charge in [-0.25, -0.2) is 4.79 Å². The zero-order chi connectivity index (χ0) is 17.6. The van der Waals surface area contributed by atoms with Gasteiger partial charge in [0.25, 0.3) is 0 Å². The Morgan fingerprint density at radius 3 is 2.00 bits per heavy atom. The van der Waals surface area contributed by atoms with Crippen molar-refractivity contribution < 1.29 is 9.53 Å². The number of carbonyl (C=O) groups excluding carboxylic acids is 1. The lowest BCUT2D eigenvalue weighted by Gasteiger charge is -2.20. The minimum Gasteiger partial charge on any atom is -0.460 e. The second-order valence-electron chi connectivity index (χ2n) is 6.68. The minimum atomic E-state index is -1.38. The quantitative estimate of drug-likeness (QED) is 0.105. The molecule has 0 spiro atoms. The van der Waals surface area contributed by atoms with Gasteiger partial charge < -0.3 is 4.74 Å². The van der Waals surface area contributed by atoms with Crippen LogP contribution in [0.1, 0.15) is 78.6 Å². The molecule has 0 bridgehead atoms. The SMILES string of the molecule is C=CC(=O)OC(C)CCCCCCCCCC[Si](Cl)(CC)CC. The van der Waals surface area contributed by atoms with Crippen LogP contribution in [0.5, 0.6) is 0 Å². The van der Waals surface area contributed by atoms with Crippen molar-refractivity contribution in [2.75, 3.05) is 0 Å². The van der Waals surface area contributed by atoms with E-state index in [0.717, 1.165) is 12.8 Å². The average molecular weight is 361 g/mol. The van der Waals surface area contributed by atoms with Gasteiger partial charge in [-0.15, -0.1) is 0 Å². The van der Waals surface area contributed by atoms with Crippen LogP contribution >= 0.6 is 11.1 Å². The Kier molecular flexibility index (Phi) is 13.9. The summed E-state index contributed by atoms with van der Waals surface area (Å²) >= 11 is 6.67. The molecule has 4 heteroatoms. The fourth-order valence-corrected chi connectivity index (χ4v) is 5.33. The zero-order valence-corrected chi connectivity index (χ0v) is 17.3. The van der Waals surface area contributed by atoms with Crippen LogP contribution in [0.3, 0.4) is 0 Å². The van der Waals surface area contributed by atoms with Gasteiger partial charge in [-0.2, -0.15) is 11.1 Å². The van der Waals surface area contributed by atoms with Crippen molar-refractivity contribution in [2.24, 2.45) is 0 Å². The maximum Gasteiger partial charge on any atom is 0.330 e. The third-order valence-corrected chi connectivity index (χ3v) is 10.7. The van der Waals surface area contributed by atoms with E-state index in [4.69, 9.17) is 15.8 Å². The maximum atomic E-state index is 11.0. The Hall–Kier alpha value is -0.283. The number of carbonyl (C=O) groups is 1. The molecule has 0 aliphatic carbocycles. The highest BCUT2D eigenvalue weighted by Crippen LogP contribution is 2.27. The van der Waals surface area contributed by atoms with Crippen LogP contribution in [0.15, 0.2) is 12.7 Å². The van der Waals surface area contributed by atoms with Crippen molar-refractivity contribution in [3.05, 3.63) is 12.7 Å². The summed E-state index contributed by atoms with van der Waals surface area (Å²) in [6, 6.07) is 3.72. The molecule has 0 heterocycles. The number of rotatable bonds is 15. The number of halogens is 1. The molecule has 1 unspecified atom stereocenters. The van der Waals surface area contributed by atoms with E-state index in [9.17, 15) is 4.79 Å². The summed E-state index contributed by atoms with van der Waals surface area (Å²) in [6.07, 6.45) is 12.5. The highest BCUT2D eigenvalue weighted by Gasteiger charge is 2.24. The van der Waals surface area contributed by atoms with Crippen molar-refractivity contribution in [1.82, 2.24) is 0 Å². The molecule has 0 aromatic rings. The molecule has 0 amide bonds. The van der Waals surface area contributed by atoms with Gasteiger partial charge in [0.05, 0.1) is 6.10 Å². The first-order valence-corrected chi connectivity index (χ1v) is 13.1. The molecule has 0 N–H and O–H groups in total. The highest BCUT2D eigenvalue weighted by molar-refractivity contribution is 7.20. The first-order valence-electron chi connectivity index (χ1n) is 9.49. The first kappa shape index (κ1) is 22.7. The number of unbranched alkanes of at least 4 members (excludes halogenated alkanes) is 7. The smallest absolute Gasteiger partial charge is 0.330 e. The van der Waals surface area contributed by atoms with E-state index >= 15 is 0 Å². The standard InChI is InChI=1S/C19H37ClO2Si/c1-5-19(21)22-18(4)16-14-12-10-8-9-11-13-15-17-23(20,6-2)7-3/h5,18H,1,6-17H2,2-4H3. The normalized spacial score (nSPS) is 12.9. The molecule has 136 valence electrons. The molecule has 2 nitrogen and oxygen atoms in total. The predicted octanol–water partition coefficient (Wildman–Crippen LogP) is 6.84. The van der Waals surface area contributed by atoms with E-state index in [0.29, 0.717) is 0 Å². The zero-order valence-electron chi connectivity index (χ0n) is 15.5. The summed E-state index contributed by atoms with van der Waals surface area (Å²) < 4.78 is 5.15. The minimum absolute atomic E-state index is 0.0117.